The van der Waals surface area contributed by atoms with Crippen molar-refractivity contribution in [2.45, 2.75) is 32.8 Å². The Morgan fingerprint density at radius 1 is 1.30 bits per heavy atom. The van der Waals surface area contributed by atoms with Crippen LogP contribution >= 0.6 is 0 Å². The highest BCUT2D eigenvalue weighted by Gasteiger charge is 2.15. The van der Waals surface area contributed by atoms with E-state index in [1.54, 1.807) is 0 Å². The van der Waals surface area contributed by atoms with Crippen LogP contribution in [0.5, 0.6) is 0 Å². The fraction of sp³-hybridized carbons (Fsp3) is 0.438. The highest BCUT2D eigenvalue weighted by molar-refractivity contribution is 5.67. The predicted octanol–water partition coefficient (Wildman–Crippen LogP) is 3.06. The van der Waals surface area contributed by atoms with Gasteiger partial charge in [-0.3, -0.25) is 0 Å². The monoisotopic (exact) mass is 318 g/mol. The van der Waals surface area contributed by atoms with Gasteiger partial charge in [0.15, 0.2) is 0 Å². The van der Waals surface area contributed by atoms with Gasteiger partial charge in [0.1, 0.15) is 5.60 Å². The Kier molecular flexibility index (Phi) is 5.56. The third kappa shape index (κ3) is 5.98. The molecule has 0 fully saturated rings. The van der Waals surface area contributed by atoms with Crippen LogP contribution in [0.1, 0.15) is 27.2 Å². The van der Waals surface area contributed by atoms with Gasteiger partial charge in [-0.2, -0.15) is 0 Å². The number of ether oxygens (including phenoxy) is 1. The molecule has 0 aliphatic carbocycles. The van der Waals surface area contributed by atoms with E-state index >= 15 is 0 Å². The third-order valence-corrected chi connectivity index (χ3v) is 2.82. The number of hydrogen-bond donors (Lipinski definition) is 2. The molecule has 1 amide bonds. The standard InChI is InChI=1S/C16H22N4O3/c1-16(2,3)23-15(21)18-9-5-8-17-13-7-4-6-12(10-13)14-20-19-11-22-14/h4,6-7,10-11,17H,5,8-9H2,1-3H3,(H,18,21). The van der Waals surface area contributed by atoms with Crippen molar-refractivity contribution in [2.75, 3.05) is 18.4 Å². The Bertz CT molecular complexity index is 621. The molecule has 0 spiro atoms. The summed E-state index contributed by atoms with van der Waals surface area (Å²) in [6, 6.07) is 7.72. The van der Waals surface area contributed by atoms with E-state index in [1.165, 1.54) is 6.39 Å². The van der Waals surface area contributed by atoms with Crippen LogP contribution in [0.2, 0.25) is 0 Å². The zero-order valence-corrected chi connectivity index (χ0v) is 13.6. The molecule has 2 N–H and O–H groups in total. The molecule has 1 aromatic heterocycles. The third-order valence-electron chi connectivity index (χ3n) is 2.82. The number of nitrogens with zero attached hydrogens (tertiary/aromatic N) is 2. The summed E-state index contributed by atoms with van der Waals surface area (Å²) in [6.45, 7) is 6.79. The topological polar surface area (TPSA) is 89.3 Å². The number of anilines is 1. The van der Waals surface area contributed by atoms with Gasteiger partial charge in [0.2, 0.25) is 12.3 Å². The molecule has 0 aliphatic rings. The lowest BCUT2D eigenvalue weighted by Gasteiger charge is -2.19. The molecule has 1 heterocycles. The van der Waals surface area contributed by atoms with E-state index in [2.05, 4.69) is 20.8 Å². The molecule has 0 unspecified atom stereocenters. The van der Waals surface area contributed by atoms with Gasteiger partial charge in [-0.15, -0.1) is 10.2 Å². The van der Waals surface area contributed by atoms with Gasteiger partial charge < -0.3 is 19.8 Å². The summed E-state index contributed by atoms with van der Waals surface area (Å²) < 4.78 is 10.3. The van der Waals surface area contributed by atoms with Crippen LogP contribution in [0, 0.1) is 0 Å². The quantitative estimate of drug-likeness (QED) is 0.796. The van der Waals surface area contributed by atoms with Gasteiger partial charge >= 0.3 is 6.09 Å². The normalized spacial score (nSPS) is 11.1. The SMILES string of the molecule is CC(C)(C)OC(=O)NCCCNc1cccc(-c2nnco2)c1. The summed E-state index contributed by atoms with van der Waals surface area (Å²) in [7, 11) is 0. The minimum absolute atomic E-state index is 0.393. The number of amides is 1. The van der Waals surface area contributed by atoms with Crippen LogP contribution in [-0.2, 0) is 4.74 Å². The molecule has 7 heteroatoms. The molecule has 2 rings (SSSR count). The van der Waals surface area contributed by atoms with E-state index in [0.717, 1.165) is 24.2 Å². The Labute approximate surface area is 135 Å². The fourth-order valence-corrected chi connectivity index (χ4v) is 1.89. The second-order valence-electron chi connectivity index (χ2n) is 6.03. The summed E-state index contributed by atoms with van der Waals surface area (Å²) in [5.41, 5.74) is 1.34. The van der Waals surface area contributed by atoms with Crippen molar-refractivity contribution < 1.29 is 13.9 Å². The van der Waals surface area contributed by atoms with E-state index in [4.69, 9.17) is 9.15 Å². The molecule has 0 aliphatic heterocycles. The molecule has 7 nitrogen and oxygen atoms in total. The van der Waals surface area contributed by atoms with Crippen molar-refractivity contribution in [1.29, 1.82) is 0 Å². The van der Waals surface area contributed by atoms with Crippen LogP contribution in [-0.4, -0.2) is 35.0 Å². The van der Waals surface area contributed by atoms with Crippen LogP contribution in [0.25, 0.3) is 11.5 Å². The van der Waals surface area contributed by atoms with E-state index in [9.17, 15) is 4.79 Å². The number of carbonyl (C=O) groups is 1. The first-order valence-corrected chi connectivity index (χ1v) is 7.51. The lowest BCUT2D eigenvalue weighted by molar-refractivity contribution is 0.0528. The maximum atomic E-state index is 11.5. The minimum atomic E-state index is -0.475. The molecule has 0 atom stereocenters. The van der Waals surface area contributed by atoms with Gasteiger partial charge in [-0.1, -0.05) is 6.07 Å². The zero-order chi connectivity index (χ0) is 16.7. The van der Waals surface area contributed by atoms with E-state index in [1.807, 2.05) is 45.0 Å². The molecule has 2 aromatic rings. The number of alkyl carbamates (subject to hydrolysis) is 1. The molecular weight excluding hydrogens is 296 g/mol. The number of nitrogens with one attached hydrogen (secondary N) is 2. The zero-order valence-electron chi connectivity index (χ0n) is 13.6. The molecule has 124 valence electrons. The first kappa shape index (κ1) is 16.8. The number of rotatable bonds is 6. The smallest absolute Gasteiger partial charge is 0.407 e. The van der Waals surface area contributed by atoms with Crippen LogP contribution < -0.4 is 10.6 Å². The molecule has 0 saturated carbocycles. The lowest BCUT2D eigenvalue weighted by Crippen LogP contribution is -2.33. The minimum Gasteiger partial charge on any atom is -0.444 e. The second kappa shape index (κ2) is 7.62. The average molecular weight is 318 g/mol. The number of benzene rings is 1. The predicted molar refractivity (Wildman–Crippen MR) is 87.1 cm³/mol. The van der Waals surface area contributed by atoms with Crippen molar-refractivity contribution >= 4 is 11.8 Å². The first-order chi connectivity index (χ1) is 10.9. The molecule has 0 saturated heterocycles. The Balaban J connectivity index is 1.71. The van der Waals surface area contributed by atoms with Crippen molar-refractivity contribution in [3.05, 3.63) is 30.7 Å². The largest absolute Gasteiger partial charge is 0.444 e. The highest BCUT2D eigenvalue weighted by atomic mass is 16.6. The van der Waals surface area contributed by atoms with E-state index < -0.39 is 11.7 Å². The van der Waals surface area contributed by atoms with E-state index in [0.29, 0.717) is 12.4 Å². The van der Waals surface area contributed by atoms with Crippen molar-refractivity contribution in [1.82, 2.24) is 15.5 Å². The Morgan fingerprint density at radius 3 is 2.83 bits per heavy atom. The summed E-state index contributed by atoms with van der Waals surface area (Å²) >= 11 is 0. The summed E-state index contributed by atoms with van der Waals surface area (Å²) in [6.07, 6.45) is 1.69. The summed E-state index contributed by atoms with van der Waals surface area (Å²) in [5.74, 6) is 0.486. The van der Waals surface area contributed by atoms with Crippen molar-refractivity contribution in [2.24, 2.45) is 0 Å². The summed E-state index contributed by atoms with van der Waals surface area (Å²) in [5, 5.41) is 13.6. The lowest BCUT2D eigenvalue weighted by atomic mass is 10.2. The maximum Gasteiger partial charge on any atom is 0.407 e. The van der Waals surface area contributed by atoms with Gasteiger partial charge in [-0.05, 0) is 45.4 Å². The molecule has 1 aromatic carbocycles. The van der Waals surface area contributed by atoms with E-state index in [-0.39, 0.29) is 0 Å². The Morgan fingerprint density at radius 2 is 2.13 bits per heavy atom. The van der Waals surface area contributed by atoms with Crippen molar-refractivity contribution in [3.63, 3.8) is 0 Å². The van der Waals surface area contributed by atoms with Crippen molar-refractivity contribution in [3.8, 4) is 11.5 Å². The van der Waals surface area contributed by atoms with Gasteiger partial charge in [0.05, 0.1) is 0 Å². The highest BCUT2D eigenvalue weighted by Crippen LogP contribution is 2.20. The van der Waals surface area contributed by atoms with Crippen LogP contribution in [0.3, 0.4) is 0 Å². The van der Waals surface area contributed by atoms with Gasteiger partial charge in [0, 0.05) is 24.3 Å². The fourth-order valence-electron chi connectivity index (χ4n) is 1.89. The molecular formula is C16H22N4O3. The molecule has 0 bridgehead atoms. The maximum absolute atomic E-state index is 11.5. The van der Waals surface area contributed by atoms with Gasteiger partial charge in [0.25, 0.3) is 0 Å². The van der Waals surface area contributed by atoms with Crippen LogP contribution in [0.15, 0.2) is 35.1 Å². The second-order valence-corrected chi connectivity index (χ2v) is 6.03. The van der Waals surface area contributed by atoms with Gasteiger partial charge in [-0.25, -0.2) is 4.79 Å². The molecule has 23 heavy (non-hydrogen) atoms. The number of hydrogen-bond acceptors (Lipinski definition) is 6. The summed E-state index contributed by atoms with van der Waals surface area (Å²) in [4.78, 5) is 11.5. The number of aromatic nitrogens is 2. The Hall–Kier alpha value is -2.57. The molecule has 0 radical (unpaired) electrons. The first-order valence-electron chi connectivity index (χ1n) is 7.51. The van der Waals surface area contributed by atoms with Crippen LogP contribution in [0.4, 0.5) is 10.5 Å². The number of carbonyl (C=O) groups excluding carboxylic acids is 1. The average Bonchev–Trinajstić information content (AvgIpc) is 2.99.